The predicted octanol–water partition coefficient (Wildman–Crippen LogP) is 0.825. The minimum absolute atomic E-state index is 0.0915. The van der Waals surface area contributed by atoms with Crippen molar-refractivity contribution in [3.05, 3.63) is 0 Å². The number of unbranched alkanes of at least 4 members (excludes halogenated alkanes) is 1. The number of hydrogen-bond acceptors (Lipinski definition) is 6. The molecule has 128 valence electrons. The van der Waals surface area contributed by atoms with Gasteiger partial charge in [-0.1, -0.05) is 13.3 Å². The molecule has 0 rings (SSSR count). The van der Waals surface area contributed by atoms with E-state index in [-0.39, 0.29) is 6.61 Å². The fourth-order valence-electron chi connectivity index (χ4n) is 1.52. The van der Waals surface area contributed by atoms with Gasteiger partial charge in [0.1, 0.15) is 0 Å². The molecule has 0 aromatic carbocycles. The highest BCUT2D eigenvalue weighted by atomic mass is 16.5. The molecule has 2 N–H and O–H groups in total. The van der Waals surface area contributed by atoms with Gasteiger partial charge in [0.15, 0.2) is 0 Å². The van der Waals surface area contributed by atoms with Crippen LogP contribution in [0.25, 0.3) is 0 Å². The first kappa shape index (κ1) is 20.8. The van der Waals surface area contributed by atoms with Crippen LogP contribution in [0.15, 0.2) is 0 Å². The van der Waals surface area contributed by atoms with Crippen molar-refractivity contribution in [1.82, 2.24) is 5.32 Å². The number of aliphatic hydroxyl groups excluding tert-OH is 1. The Balaban J connectivity index is 2.90. The number of hydrogen-bond donors (Lipinski definition) is 2. The molecule has 0 heterocycles. The van der Waals surface area contributed by atoms with E-state index in [9.17, 15) is 0 Å². The number of ether oxygens (including phenoxy) is 4. The summed E-state index contributed by atoms with van der Waals surface area (Å²) in [5.74, 6) is 0. The second-order valence-corrected chi connectivity index (χ2v) is 4.63. The summed E-state index contributed by atoms with van der Waals surface area (Å²) >= 11 is 0. The average Bonchev–Trinajstić information content (AvgIpc) is 2.50. The van der Waals surface area contributed by atoms with E-state index in [4.69, 9.17) is 24.1 Å². The highest BCUT2D eigenvalue weighted by Gasteiger charge is 1.92. The molecule has 6 nitrogen and oxygen atoms in total. The maximum Gasteiger partial charge on any atom is 0.0701 e. The maximum atomic E-state index is 8.52. The summed E-state index contributed by atoms with van der Waals surface area (Å²) in [4.78, 5) is 0. The average molecular weight is 307 g/mol. The molecule has 0 bridgehead atoms. The van der Waals surface area contributed by atoms with Gasteiger partial charge in [0.25, 0.3) is 0 Å². The molecule has 0 aromatic heterocycles. The van der Waals surface area contributed by atoms with Gasteiger partial charge in [0.2, 0.25) is 0 Å². The fraction of sp³-hybridized carbons (Fsp3) is 1.00. The van der Waals surface area contributed by atoms with Crippen LogP contribution in [0.2, 0.25) is 0 Å². The van der Waals surface area contributed by atoms with Crippen LogP contribution >= 0.6 is 0 Å². The van der Waals surface area contributed by atoms with Crippen molar-refractivity contribution >= 4 is 0 Å². The van der Waals surface area contributed by atoms with Crippen molar-refractivity contribution in [2.45, 2.75) is 26.2 Å². The first-order chi connectivity index (χ1) is 10.4. The van der Waals surface area contributed by atoms with Crippen LogP contribution in [-0.4, -0.2) is 77.7 Å². The normalized spacial score (nSPS) is 11.1. The van der Waals surface area contributed by atoms with Crippen LogP contribution in [0.5, 0.6) is 0 Å². The van der Waals surface area contributed by atoms with Gasteiger partial charge < -0.3 is 29.4 Å². The Hall–Kier alpha value is -0.240. The van der Waals surface area contributed by atoms with Crippen molar-refractivity contribution in [3.8, 4) is 0 Å². The lowest BCUT2D eigenvalue weighted by atomic mass is 10.4. The van der Waals surface area contributed by atoms with Crippen molar-refractivity contribution in [1.29, 1.82) is 0 Å². The minimum Gasteiger partial charge on any atom is -0.394 e. The zero-order chi connectivity index (χ0) is 15.4. The Morgan fingerprint density at radius 1 is 0.667 bits per heavy atom. The molecule has 6 heteroatoms. The molecule has 0 aliphatic heterocycles. The second kappa shape index (κ2) is 19.8. The lowest BCUT2D eigenvalue weighted by molar-refractivity contribution is 0.0146. The predicted molar refractivity (Wildman–Crippen MR) is 82.8 cm³/mol. The molecule has 0 saturated carbocycles. The van der Waals surface area contributed by atoms with Gasteiger partial charge in [-0.15, -0.1) is 0 Å². The highest BCUT2D eigenvalue weighted by molar-refractivity contribution is 4.46. The number of rotatable bonds is 18. The summed E-state index contributed by atoms with van der Waals surface area (Å²) in [6.45, 7) is 9.14. The lowest BCUT2D eigenvalue weighted by Crippen LogP contribution is -2.23. The number of aliphatic hydroxyl groups is 1. The Morgan fingerprint density at radius 2 is 1.24 bits per heavy atom. The van der Waals surface area contributed by atoms with E-state index in [1.54, 1.807) is 0 Å². The molecule has 0 saturated heterocycles. The summed E-state index contributed by atoms with van der Waals surface area (Å²) < 4.78 is 21.3. The summed E-state index contributed by atoms with van der Waals surface area (Å²) in [5, 5.41) is 11.8. The molecule has 21 heavy (non-hydrogen) atoms. The summed E-state index contributed by atoms with van der Waals surface area (Å²) in [6, 6.07) is 0. The van der Waals surface area contributed by atoms with Gasteiger partial charge in [-0.2, -0.15) is 0 Å². The molecule has 0 amide bonds. The standard InChI is InChI=1S/C15H33NO5/c1-2-3-8-19-12-14-21-15-13-20-10-6-16-5-4-9-18-11-7-17/h16-17H,2-15H2,1H3. The topological polar surface area (TPSA) is 69.2 Å². The van der Waals surface area contributed by atoms with E-state index in [0.717, 1.165) is 32.5 Å². The molecule has 0 spiro atoms. The van der Waals surface area contributed by atoms with Gasteiger partial charge in [0.05, 0.1) is 46.2 Å². The second-order valence-electron chi connectivity index (χ2n) is 4.63. The van der Waals surface area contributed by atoms with Crippen molar-refractivity contribution in [2.24, 2.45) is 0 Å². The summed E-state index contributed by atoms with van der Waals surface area (Å²) in [7, 11) is 0. The largest absolute Gasteiger partial charge is 0.394 e. The molecule has 0 atom stereocenters. The third kappa shape index (κ3) is 19.8. The lowest BCUT2D eigenvalue weighted by Gasteiger charge is -2.07. The Bertz CT molecular complexity index is 165. The molecule has 0 aromatic rings. The molecular weight excluding hydrogens is 274 g/mol. The van der Waals surface area contributed by atoms with Crippen LogP contribution in [-0.2, 0) is 18.9 Å². The molecular formula is C15H33NO5. The van der Waals surface area contributed by atoms with Gasteiger partial charge in [-0.25, -0.2) is 0 Å². The van der Waals surface area contributed by atoms with Crippen molar-refractivity contribution in [3.63, 3.8) is 0 Å². The SMILES string of the molecule is CCCCOCCOCCOCCNCCCOCCO. The minimum atomic E-state index is 0.0915. The van der Waals surface area contributed by atoms with Crippen LogP contribution in [0, 0.1) is 0 Å². The molecule has 0 radical (unpaired) electrons. The first-order valence-corrected chi connectivity index (χ1v) is 8.04. The van der Waals surface area contributed by atoms with Crippen LogP contribution in [0.3, 0.4) is 0 Å². The first-order valence-electron chi connectivity index (χ1n) is 8.04. The van der Waals surface area contributed by atoms with Crippen LogP contribution in [0.4, 0.5) is 0 Å². The van der Waals surface area contributed by atoms with E-state index in [2.05, 4.69) is 12.2 Å². The quantitative estimate of drug-likeness (QED) is 0.366. The van der Waals surface area contributed by atoms with Gasteiger partial charge >= 0.3 is 0 Å². The van der Waals surface area contributed by atoms with Crippen molar-refractivity contribution < 1.29 is 24.1 Å². The van der Waals surface area contributed by atoms with Crippen LogP contribution < -0.4 is 5.32 Å². The van der Waals surface area contributed by atoms with E-state index >= 15 is 0 Å². The maximum absolute atomic E-state index is 8.52. The van der Waals surface area contributed by atoms with E-state index < -0.39 is 0 Å². The molecule has 0 fully saturated rings. The van der Waals surface area contributed by atoms with E-state index in [1.807, 2.05) is 0 Å². The zero-order valence-electron chi connectivity index (χ0n) is 13.5. The zero-order valence-corrected chi connectivity index (χ0v) is 13.5. The fourth-order valence-corrected chi connectivity index (χ4v) is 1.52. The van der Waals surface area contributed by atoms with E-state index in [0.29, 0.717) is 46.2 Å². The van der Waals surface area contributed by atoms with Gasteiger partial charge in [-0.05, 0) is 19.4 Å². The Kier molecular flexibility index (Phi) is 19.5. The van der Waals surface area contributed by atoms with Gasteiger partial charge in [0, 0.05) is 19.8 Å². The molecule has 0 aliphatic rings. The molecule has 0 unspecified atom stereocenters. The summed E-state index contributed by atoms with van der Waals surface area (Å²) in [6.07, 6.45) is 3.23. The van der Waals surface area contributed by atoms with Gasteiger partial charge in [-0.3, -0.25) is 0 Å². The summed E-state index contributed by atoms with van der Waals surface area (Å²) in [5.41, 5.74) is 0. The number of nitrogens with one attached hydrogen (secondary N) is 1. The Morgan fingerprint density at radius 3 is 1.90 bits per heavy atom. The highest BCUT2D eigenvalue weighted by Crippen LogP contribution is 1.88. The van der Waals surface area contributed by atoms with E-state index in [1.165, 1.54) is 6.42 Å². The third-order valence-corrected chi connectivity index (χ3v) is 2.69. The van der Waals surface area contributed by atoms with Crippen LogP contribution in [0.1, 0.15) is 26.2 Å². The van der Waals surface area contributed by atoms with Crippen molar-refractivity contribution in [2.75, 3.05) is 72.6 Å². The Labute approximate surface area is 129 Å². The monoisotopic (exact) mass is 307 g/mol. The molecule has 0 aliphatic carbocycles. The smallest absolute Gasteiger partial charge is 0.0701 e. The third-order valence-electron chi connectivity index (χ3n) is 2.69.